The second-order valence-corrected chi connectivity index (χ2v) is 33.0. The summed E-state index contributed by atoms with van der Waals surface area (Å²) in [7, 11) is 0. The fraction of sp³-hybridized carbons (Fsp3) is 0.505. The van der Waals surface area contributed by atoms with Crippen LogP contribution in [0.3, 0.4) is 0 Å². The van der Waals surface area contributed by atoms with Crippen molar-refractivity contribution < 1.29 is 156 Å². The molecule has 1 aliphatic carbocycles. The molecule has 30 nitrogen and oxygen atoms in total. The van der Waals surface area contributed by atoms with Crippen LogP contribution in [-0.2, 0) is 89.9 Å². The second-order valence-electron chi connectivity index (χ2n) is 32.0. The average molecular weight is 1970 g/mol. The lowest BCUT2D eigenvalue weighted by Gasteiger charge is -2.38. The molecule has 1 saturated carbocycles. The lowest BCUT2D eigenvalue weighted by Crippen LogP contribution is -3.00. The molecule has 4 fully saturated rings. The molecule has 2 aromatic heterocycles. The zero-order valence-electron chi connectivity index (χ0n) is 74.5. The molecule has 0 unspecified atom stereocenters. The molecule has 3 aliphatic heterocycles. The number of carboxylic acids is 1. The van der Waals surface area contributed by atoms with E-state index in [0.29, 0.717) is 24.6 Å². The number of benzene rings is 4. The highest BCUT2D eigenvalue weighted by Gasteiger charge is 2.39. The highest BCUT2D eigenvalue weighted by atomic mass is 127. The predicted molar refractivity (Wildman–Crippen MR) is 462 cm³/mol. The normalized spacial score (nSPS) is 16.7. The molecule has 4 aliphatic rings. The third-order valence-corrected chi connectivity index (χ3v) is 21.6. The summed E-state index contributed by atoms with van der Waals surface area (Å²) in [6, 6.07) is 45.8. The molecule has 702 valence electrons. The van der Waals surface area contributed by atoms with Crippen LogP contribution in [0.25, 0.3) is 0 Å². The largest absolute Gasteiger partial charge is 1.00 e. The van der Waals surface area contributed by atoms with E-state index >= 15 is 0 Å². The van der Waals surface area contributed by atoms with Crippen molar-refractivity contribution >= 4 is 107 Å². The lowest BCUT2D eigenvalue weighted by atomic mass is 9.78. The third kappa shape index (κ3) is 45.2. The highest BCUT2D eigenvalue weighted by molar-refractivity contribution is 6.67. The Morgan fingerprint density at radius 2 is 0.758 bits per heavy atom. The number of piperidine rings is 3. The molecule has 35 heteroatoms. The molecule has 0 spiro atoms. The molecule has 10 rings (SSSR count). The van der Waals surface area contributed by atoms with Crippen molar-refractivity contribution in [3.8, 4) is 0 Å². The fourth-order valence-electron chi connectivity index (χ4n) is 14.9. The number of nitrogens with zero attached hydrogens (tertiary/aromatic N) is 5. The summed E-state index contributed by atoms with van der Waals surface area (Å²) in [5.74, 6) is -0.765. The van der Waals surface area contributed by atoms with Gasteiger partial charge in [0.25, 0.3) is 25.3 Å². The summed E-state index contributed by atoms with van der Waals surface area (Å²) in [6.07, 6.45) is 20.7. The van der Waals surface area contributed by atoms with Gasteiger partial charge in [0.15, 0.2) is 42.9 Å². The van der Waals surface area contributed by atoms with Crippen LogP contribution in [0.4, 0.5) is 14.4 Å². The SMILES string of the molecule is C[C@H](c1ccccc1)C1CCCCC1.C[C@H](c1ccccc1)[C@H]1CCCCN1C(=O)OCCl.C[C@H](c1ccccc1)[C@H]1CCCCN1C(=O)OC[n+]1cccc(C(=O)N[C@H](C(=O)O)[C@@H](C)O)c1.C[C@H](c1ccccc1)[C@H]1CCCCN1C(=O)OC[n+]1cccc(C(=O)N[C@H](C(=O)OC(C)(C)C)[C@@H](C)OC(C)(C)C)c1.O=C(Cl)CCl.O=C=O.O=C=O.O=C=O.O=C=O.[Cl-].[I-]. The van der Waals surface area contributed by atoms with Gasteiger partial charge in [-0.05, 0) is 184 Å². The van der Waals surface area contributed by atoms with Gasteiger partial charge in [-0.3, -0.25) is 14.4 Å². The third-order valence-electron chi connectivity index (χ3n) is 20.9. The van der Waals surface area contributed by atoms with Crippen molar-refractivity contribution in [3.05, 3.63) is 204 Å². The van der Waals surface area contributed by atoms with Gasteiger partial charge >= 0.3 is 54.8 Å². The van der Waals surface area contributed by atoms with Crippen molar-refractivity contribution in [1.82, 2.24) is 25.3 Å². The smallest absolute Gasteiger partial charge is 0.414 e. The second kappa shape index (κ2) is 65.4. The first kappa shape index (κ1) is 118. The molecule has 11 atom stereocenters. The maximum atomic E-state index is 13.3. The number of carboxylic acid groups (broad SMARTS) is 1. The Labute approximate surface area is 787 Å². The summed E-state index contributed by atoms with van der Waals surface area (Å²) >= 11 is 15.0. The van der Waals surface area contributed by atoms with E-state index in [9.17, 15) is 43.5 Å². The summed E-state index contributed by atoms with van der Waals surface area (Å²) < 4.78 is 30.9. The van der Waals surface area contributed by atoms with Gasteiger partial charge in [-0.1, -0.05) is 180 Å². The number of aromatic nitrogens is 2. The Bertz CT molecular complexity index is 4330. The predicted octanol–water partition coefficient (Wildman–Crippen LogP) is 8.67. The number of likely N-dealkylation sites (tertiary alicyclic amines) is 3. The number of aliphatic hydroxyl groups excluding tert-OH is 1. The van der Waals surface area contributed by atoms with Crippen LogP contribution in [0.5, 0.6) is 0 Å². The number of carbonyl (C=O) groups excluding carboxylic acids is 15. The molecule has 6 aromatic rings. The van der Waals surface area contributed by atoms with E-state index in [4.69, 9.17) is 102 Å². The summed E-state index contributed by atoms with van der Waals surface area (Å²) in [6.45, 7) is 24.7. The van der Waals surface area contributed by atoms with Crippen LogP contribution in [0.1, 0.15) is 240 Å². The molecular weight excluding hydrogens is 1850 g/mol. The molecule has 4 N–H and O–H groups in total. The number of esters is 1. The molecule has 3 saturated heterocycles. The van der Waals surface area contributed by atoms with Gasteiger partial charge in [-0.25, -0.2) is 24.0 Å². The number of rotatable bonds is 23. The van der Waals surface area contributed by atoms with Crippen LogP contribution < -0.4 is 56.2 Å². The summed E-state index contributed by atoms with van der Waals surface area (Å²) in [4.78, 5) is 168. The monoisotopic (exact) mass is 1970 g/mol. The molecule has 5 heterocycles. The van der Waals surface area contributed by atoms with Crippen LogP contribution in [0.15, 0.2) is 170 Å². The molecule has 128 heavy (non-hydrogen) atoms. The maximum Gasteiger partial charge on any atom is 0.414 e. The number of hydrogen-bond acceptors (Lipinski definition) is 22. The lowest BCUT2D eigenvalue weighted by molar-refractivity contribution is -0.727. The molecule has 0 radical (unpaired) electrons. The zero-order valence-corrected chi connectivity index (χ0v) is 79.7. The number of amides is 5. The van der Waals surface area contributed by atoms with E-state index in [1.165, 1.54) is 78.1 Å². The Morgan fingerprint density at radius 1 is 0.453 bits per heavy atom. The number of aliphatic hydroxyl groups is 1. The van der Waals surface area contributed by atoms with Gasteiger partial charge in [-0.15, -0.1) is 11.6 Å². The first-order valence-corrected chi connectivity index (χ1v) is 43.1. The Hall–Kier alpha value is -10.1. The van der Waals surface area contributed by atoms with E-state index in [1.807, 2.05) is 85.2 Å². The number of pyridine rings is 2. The Balaban J connectivity index is 0.00000166. The van der Waals surface area contributed by atoms with Gasteiger partial charge in [0.2, 0.25) is 5.24 Å². The summed E-state index contributed by atoms with van der Waals surface area (Å²) in [5, 5.41) is 23.3. The van der Waals surface area contributed by atoms with Crippen molar-refractivity contribution in [2.24, 2.45) is 5.92 Å². The van der Waals surface area contributed by atoms with E-state index in [-0.39, 0.29) is 134 Å². The van der Waals surface area contributed by atoms with Crippen LogP contribution in [0, 0.1) is 5.92 Å². The highest BCUT2D eigenvalue weighted by Crippen LogP contribution is 2.37. The van der Waals surface area contributed by atoms with Crippen LogP contribution in [0.2, 0.25) is 0 Å². The number of hydrogen-bond donors (Lipinski definition) is 4. The van der Waals surface area contributed by atoms with E-state index < -0.39 is 70.6 Å². The fourth-order valence-corrected chi connectivity index (χ4v) is 15.0. The first-order chi connectivity index (χ1) is 60.0. The van der Waals surface area contributed by atoms with Crippen molar-refractivity contribution in [2.45, 2.75) is 264 Å². The van der Waals surface area contributed by atoms with E-state index in [1.54, 1.807) is 74.0 Å². The quantitative estimate of drug-likeness (QED) is 0.0116. The minimum atomic E-state index is -1.43. The number of nitrogens with one attached hydrogen (secondary N) is 2. The van der Waals surface area contributed by atoms with Crippen molar-refractivity contribution in [3.63, 3.8) is 0 Å². The van der Waals surface area contributed by atoms with Gasteiger partial charge < -0.3 is 95.6 Å². The number of ether oxygens (including phenoxy) is 5. The maximum absolute atomic E-state index is 13.3. The average Bonchev–Trinajstić information content (AvgIpc) is 0.827. The standard InChI is InChI=1S/C33H47N3O6.C25H31N3O6.C15H20ClNO2.C14H20.C2H2Cl2O.4CO2.ClH.HI/c1-23(25-15-10-9-11-16-25)27-18-12-13-20-36(27)31(39)40-22-35-19-14-17-26(21-35)29(37)34-28(24(2)41-32(3,4)5)30(38)42-33(6,7)8;1-17(19-9-4-3-5-10-19)21-12-6-7-14-28(21)25(33)34-16-27-13-8-11-20(15-27)23(30)26-22(18(2)29)24(31)32;1-12(13-7-3-2-4-8-13)14-9-5-6-10-17(14)15(18)19-11-16;1-12(13-8-4-2-5-9-13)14-10-6-3-7-11-14;3-1-2(4)5;4*2-1-3;;/h9-11,14-17,19,21,23-24,27-28H,12-13,18,20,22H2,1-8H3;3-5,8-11,13,15,17-18,21-22,29H,6-7,12,14,16H2,1-2H3,(H-,26,30,31,32);2-4,7-8,12,14H,5-6,9-11H2,1H3;2,4-5,8-9,12,14H,3,6-7,10-11H2,1H3;1H2;;;;;2*1H/t23-,24-,27-,28+;17-,18-,21-,22+;12-,14-;12-;;;;;;;/m1111......./s1. The van der Waals surface area contributed by atoms with E-state index in [2.05, 4.69) is 105 Å². The molecule has 5 amide bonds. The topological polar surface area (TPSA) is 401 Å². The number of alkyl halides is 2. The van der Waals surface area contributed by atoms with E-state index in [0.717, 1.165) is 76.2 Å². The molecular formula is C93H122Cl4IN7O23. The van der Waals surface area contributed by atoms with Crippen molar-refractivity contribution in [1.29, 1.82) is 0 Å². The minimum absolute atomic E-state index is 0. The van der Waals surface area contributed by atoms with Gasteiger partial charge in [0, 0.05) is 67.6 Å². The number of halogens is 5. The Kier molecular flexibility index (Phi) is 60.2. The Morgan fingerprint density at radius 3 is 1.05 bits per heavy atom. The number of carbonyl (C=O) groups is 8. The van der Waals surface area contributed by atoms with Crippen LogP contribution >= 0.6 is 34.8 Å². The molecule has 0 bridgehead atoms. The number of aliphatic carboxylic acids is 1. The van der Waals surface area contributed by atoms with Gasteiger partial charge in [0.05, 0.1) is 23.7 Å². The van der Waals surface area contributed by atoms with Crippen molar-refractivity contribution in [2.75, 3.05) is 31.6 Å². The van der Waals surface area contributed by atoms with Crippen LogP contribution in [-0.4, -0.2) is 182 Å². The zero-order chi connectivity index (χ0) is 94.3. The first-order valence-electron chi connectivity index (χ1n) is 41.7. The molecule has 4 aromatic carbocycles. The minimum Gasteiger partial charge on any atom is -1.00 e. The summed E-state index contributed by atoms with van der Waals surface area (Å²) in [5.41, 5.74) is 4.39. The van der Waals surface area contributed by atoms with Gasteiger partial charge in [-0.2, -0.15) is 47.5 Å². The van der Waals surface area contributed by atoms with Gasteiger partial charge in [0.1, 0.15) is 16.7 Å².